The van der Waals surface area contributed by atoms with E-state index in [0.29, 0.717) is 24.3 Å². The van der Waals surface area contributed by atoms with Gasteiger partial charge in [0.15, 0.2) is 6.10 Å². The van der Waals surface area contributed by atoms with E-state index in [1.807, 2.05) is 50.4 Å². The second-order valence-electron chi connectivity index (χ2n) is 7.05. The number of aromatic nitrogens is 2. The van der Waals surface area contributed by atoms with E-state index in [4.69, 9.17) is 4.74 Å². The minimum absolute atomic E-state index is 0.0323. The quantitative estimate of drug-likeness (QED) is 0.640. The molecule has 0 radical (unpaired) electrons. The van der Waals surface area contributed by atoms with Gasteiger partial charge in [0.05, 0.1) is 11.3 Å². The van der Waals surface area contributed by atoms with Gasteiger partial charge in [0.2, 0.25) is 0 Å². The lowest BCUT2D eigenvalue weighted by atomic mass is 10.1. The third-order valence-corrected chi connectivity index (χ3v) is 4.54. The molecule has 29 heavy (non-hydrogen) atoms. The first-order valence-electron chi connectivity index (χ1n) is 9.61. The summed E-state index contributed by atoms with van der Waals surface area (Å²) in [6.07, 6.45) is 3.69. The molecule has 1 unspecified atom stereocenters. The lowest BCUT2D eigenvalue weighted by molar-refractivity contribution is -0.129. The number of nitriles is 1. The van der Waals surface area contributed by atoms with Crippen LogP contribution in [0.2, 0.25) is 0 Å². The van der Waals surface area contributed by atoms with E-state index < -0.39 is 6.10 Å². The topological polar surface area (TPSA) is 79.9 Å². The number of nitrogens with zero attached hydrogens (tertiary/aromatic N) is 3. The summed E-state index contributed by atoms with van der Waals surface area (Å²) >= 11 is 0. The van der Waals surface area contributed by atoms with Gasteiger partial charge in [0, 0.05) is 18.9 Å². The van der Waals surface area contributed by atoms with Crippen molar-refractivity contribution in [3.8, 4) is 17.5 Å². The number of amides is 1. The second-order valence-corrected chi connectivity index (χ2v) is 7.05. The largest absolute Gasteiger partial charge is 0.479 e. The molecule has 0 bridgehead atoms. The molecule has 1 atom stereocenters. The zero-order valence-corrected chi connectivity index (χ0v) is 16.6. The zero-order valence-electron chi connectivity index (χ0n) is 16.6. The van der Waals surface area contributed by atoms with Gasteiger partial charge in [-0.15, -0.1) is 0 Å². The van der Waals surface area contributed by atoms with Crippen molar-refractivity contribution in [2.45, 2.75) is 26.4 Å². The predicted molar refractivity (Wildman–Crippen MR) is 111 cm³/mol. The Morgan fingerprint density at radius 1 is 1.17 bits per heavy atom. The van der Waals surface area contributed by atoms with Crippen LogP contribution >= 0.6 is 0 Å². The van der Waals surface area contributed by atoms with E-state index in [9.17, 15) is 10.1 Å². The van der Waals surface area contributed by atoms with Crippen LogP contribution < -0.4 is 10.1 Å². The molecule has 1 aromatic heterocycles. The SMILES string of the molecule is CC(C)C(Oc1ccccc1C#N)C(=O)NCCc1ccc(-n2cccn2)cc1. The van der Waals surface area contributed by atoms with Crippen molar-refractivity contribution in [1.29, 1.82) is 5.26 Å². The van der Waals surface area contributed by atoms with E-state index in [-0.39, 0.29) is 11.8 Å². The molecule has 148 valence electrons. The number of rotatable bonds is 8. The van der Waals surface area contributed by atoms with Gasteiger partial charge in [0.25, 0.3) is 5.91 Å². The highest BCUT2D eigenvalue weighted by Crippen LogP contribution is 2.20. The van der Waals surface area contributed by atoms with Gasteiger partial charge < -0.3 is 10.1 Å². The summed E-state index contributed by atoms with van der Waals surface area (Å²) in [5.74, 6) is 0.217. The van der Waals surface area contributed by atoms with Gasteiger partial charge in [-0.2, -0.15) is 10.4 Å². The Kier molecular flexibility index (Phi) is 6.64. The molecule has 0 fully saturated rings. The van der Waals surface area contributed by atoms with Crippen LogP contribution in [0.25, 0.3) is 5.69 Å². The molecule has 1 amide bonds. The van der Waals surface area contributed by atoms with Gasteiger partial charge in [-0.25, -0.2) is 4.68 Å². The highest BCUT2D eigenvalue weighted by Gasteiger charge is 2.24. The first-order chi connectivity index (χ1) is 14.1. The number of carbonyl (C=O) groups excluding carboxylic acids is 1. The number of carbonyl (C=O) groups is 1. The van der Waals surface area contributed by atoms with Crippen molar-refractivity contribution < 1.29 is 9.53 Å². The summed E-state index contributed by atoms with van der Waals surface area (Å²) in [6, 6.07) is 19.0. The molecule has 0 aliphatic heterocycles. The van der Waals surface area contributed by atoms with E-state index in [2.05, 4.69) is 16.5 Å². The maximum Gasteiger partial charge on any atom is 0.261 e. The monoisotopic (exact) mass is 388 g/mol. The Labute approximate surface area is 170 Å². The molecule has 0 saturated heterocycles. The maximum absolute atomic E-state index is 12.7. The molecule has 1 heterocycles. The first-order valence-corrected chi connectivity index (χ1v) is 9.61. The molecule has 2 aromatic carbocycles. The van der Waals surface area contributed by atoms with E-state index in [1.54, 1.807) is 35.1 Å². The summed E-state index contributed by atoms with van der Waals surface area (Å²) in [5, 5.41) is 16.4. The summed E-state index contributed by atoms with van der Waals surface area (Å²) < 4.78 is 7.68. The smallest absolute Gasteiger partial charge is 0.261 e. The van der Waals surface area contributed by atoms with Gasteiger partial charge in [-0.05, 0) is 48.2 Å². The molecule has 1 N–H and O–H groups in total. The predicted octanol–water partition coefficient (Wildman–Crippen LogP) is 3.51. The standard InChI is InChI=1S/C23H24N4O2/c1-17(2)22(29-21-7-4-3-6-19(21)16-24)23(28)25-14-12-18-8-10-20(11-9-18)27-15-5-13-26-27/h3-11,13,15,17,22H,12,14H2,1-2H3,(H,25,28). The van der Waals surface area contributed by atoms with Crippen LogP contribution in [0.15, 0.2) is 67.0 Å². The Morgan fingerprint density at radius 3 is 2.59 bits per heavy atom. The molecule has 6 heteroatoms. The fraction of sp³-hybridized carbons (Fsp3) is 0.261. The molecular formula is C23H24N4O2. The highest BCUT2D eigenvalue weighted by atomic mass is 16.5. The Balaban J connectivity index is 1.56. The summed E-state index contributed by atoms with van der Waals surface area (Å²) in [4.78, 5) is 12.7. The Morgan fingerprint density at radius 2 is 1.93 bits per heavy atom. The lowest BCUT2D eigenvalue weighted by Gasteiger charge is -2.22. The fourth-order valence-electron chi connectivity index (χ4n) is 2.96. The van der Waals surface area contributed by atoms with E-state index in [1.165, 1.54) is 0 Å². The molecule has 0 spiro atoms. The van der Waals surface area contributed by atoms with Gasteiger partial charge >= 0.3 is 0 Å². The molecular weight excluding hydrogens is 364 g/mol. The molecule has 3 rings (SSSR count). The van der Waals surface area contributed by atoms with Gasteiger partial charge in [-0.3, -0.25) is 4.79 Å². The minimum Gasteiger partial charge on any atom is -0.479 e. The van der Waals surface area contributed by atoms with Crippen LogP contribution in [0, 0.1) is 17.2 Å². The Bertz CT molecular complexity index is 973. The average molecular weight is 388 g/mol. The van der Waals surface area contributed by atoms with Crippen molar-refractivity contribution in [3.05, 3.63) is 78.1 Å². The molecule has 0 saturated carbocycles. The lowest BCUT2D eigenvalue weighted by Crippen LogP contribution is -2.42. The van der Waals surface area contributed by atoms with Crippen LogP contribution in [0.5, 0.6) is 5.75 Å². The van der Waals surface area contributed by atoms with Gasteiger partial charge in [0.1, 0.15) is 11.8 Å². The average Bonchev–Trinajstić information content (AvgIpc) is 3.27. The summed E-state index contributed by atoms with van der Waals surface area (Å²) in [7, 11) is 0. The second kappa shape index (κ2) is 9.56. The number of ether oxygens (including phenoxy) is 1. The van der Waals surface area contributed by atoms with Crippen molar-refractivity contribution >= 4 is 5.91 Å². The van der Waals surface area contributed by atoms with Crippen molar-refractivity contribution in [1.82, 2.24) is 15.1 Å². The normalized spacial score (nSPS) is 11.7. The summed E-state index contributed by atoms with van der Waals surface area (Å²) in [5.41, 5.74) is 2.54. The summed E-state index contributed by atoms with van der Waals surface area (Å²) in [6.45, 7) is 4.35. The first kappa shape index (κ1) is 20.2. The van der Waals surface area contributed by atoms with E-state index >= 15 is 0 Å². The van der Waals surface area contributed by atoms with Crippen molar-refractivity contribution in [2.24, 2.45) is 5.92 Å². The number of hydrogen-bond acceptors (Lipinski definition) is 4. The molecule has 0 aliphatic carbocycles. The number of nitrogens with one attached hydrogen (secondary N) is 1. The number of benzene rings is 2. The molecule has 3 aromatic rings. The molecule has 0 aliphatic rings. The Hall–Kier alpha value is -3.59. The van der Waals surface area contributed by atoms with E-state index in [0.717, 1.165) is 11.3 Å². The van der Waals surface area contributed by atoms with Crippen molar-refractivity contribution in [3.63, 3.8) is 0 Å². The third kappa shape index (κ3) is 5.23. The van der Waals surface area contributed by atoms with Crippen molar-refractivity contribution in [2.75, 3.05) is 6.54 Å². The van der Waals surface area contributed by atoms with Crippen LogP contribution in [0.1, 0.15) is 25.0 Å². The number of para-hydroxylation sites is 1. The zero-order chi connectivity index (χ0) is 20.6. The molecule has 6 nitrogen and oxygen atoms in total. The maximum atomic E-state index is 12.7. The highest BCUT2D eigenvalue weighted by molar-refractivity contribution is 5.81. The van der Waals surface area contributed by atoms with Crippen LogP contribution in [0.4, 0.5) is 0 Å². The fourth-order valence-corrected chi connectivity index (χ4v) is 2.96. The van der Waals surface area contributed by atoms with Gasteiger partial charge in [-0.1, -0.05) is 38.1 Å². The number of hydrogen-bond donors (Lipinski definition) is 1. The van der Waals surface area contributed by atoms with Crippen LogP contribution in [0.3, 0.4) is 0 Å². The minimum atomic E-state index is -0.660. The third-order valence-electron chi connectivity index (χ3n) is 4.54. The van der Waals surface area contributed by atoms with Crippen LogP contribution in [-0.2, 0) is 11.2 Å². The van der Waals surface area contributed by atoms with Crippen LogP contribution in [-0.4, -0.2) is 28.3 Å².